The lowest BCUT2D eigenvalue weighted by Gasteiger charge is -2.29. The van der Waals surface area contributed by atoms with E-state index in [0.717, 1.165) is 11.8 Å². The number of nitrogens with zero attached hydrogens (tertiary/aromatic N) is 1. The number of thioether (sulfide) groups is 1. The molecule has 158 valence electrons. The number of allylic oxidation sites excluding steroid dienone is 3. The van der Waals surface area contributed by atoms with Crippen molar-refractivity contribution in [3.8, 4) is 6.07 Å². The van der Waals surface area contributed by atoms with Crippen molar-refractivity contribution in [3.05, 3.63) is 91.3 Å². The minimum absolute atomic E-state index is 0.0459. The third-order valence-corrected chi connectivity index (χ3v) is 6.58. The van der Waals surface area contributed by atoms with Gasteiger partial charge in [0.1, 0.15) is 5.82 Å². The fraction of sp³-hybridized carbons (Fsp3) is 0.174. The summed E-state index contributed by atoms with van der Waals surface area (Å²) >= 11 is 13.1. The Morgan fingerprint density at radius 1 is 1.16 bits per heavy atom. The van der Waals surface area contributed by atoms with Gasteiger partial charge in [-0.2, -0.15) is 5.26 Å². The van der Waals surface area contributed by atoms with E-state index >= 15 is 0 Å². The second-order valence-corrected chi connectivity index (χ2v) is 8.70. The monoisotopic (exact) mass is 474 g/mol. The Kier molecular flexibility index (Phi) is 7.22. The van der Waals surface area contributed by atoms with Crippen LogP contribution in [0.15, 0.2) is 64.3 Å². The van der Waals surface area contributed by atoms with E-state index in [-0.39, 0.29) is 22.3 Å². The smallest absolute Gasteiger partial charge is 0.173 e. The molecule has 8 heteroatoms. The van der Waals surface area contributed by atoms with Gasteiger partial charge in [-0.15, -0.1) is 0 Å². The first kappa shape index (κ1) is 23.1. The molecule has 0 radical (unpaired) electrons. The van der Waals surface area contributed by atoms with E-state index < -0.39 is 11.7 Å². The van der Waals surface area contributed by atoms with Gasteiger partial charge in [-0.05, 0) is 49.7 Å². The minimum atomic E-state index is -0.646. The van der Waals surface area contributed by atoms with E-state index in [4.69, 9.17) is 23.2 Å². The summed E-state index contributed by atoms with van der Waals surface area (Å²) in [7, 11) is 0. The van der Waals surface area contributed by atoms with Gasteiger partial charge in [0.05, 0.1) is 38.4 Å². The molecule has 0 aliphatic carbocycles. The number of carbonyl (C=O) groups is 2. The van der Waals surface area contributed by atoms with Crippen LogP contribution >= 0.6 is 35.0 Å². The zero-order chi connectivity index (χ0) is 22.7. The molecule has 0 saturated heterocycles. The van der Waals surface area contributed by atoms with E-state index in [9.17, 15) is 19.2 Å². The number of nitriles is 1. The number of carbonyl (C=O) groups excluding carboxylic acids is 2. The van der Waals surface area contributed by atoms with Gasteiger partial charge in [0.2, 0.25) is 0 Å². The van der Waals surface area contributed by atoms with Crippen molar-refractivity contribution in [1.29, 1.82) is 5.26 Å². The van der Waals surface area contributed by atoms with Crippen molar-refractivity contribution < 1.29 is 14.0 Å². The molecule has 0 spiro atoms. The summed E-state index contributed by atoms with van der Waals surface area (Å²) in [6.07, 6.45) is 0. The molecule has 1 aliphatic rings. The van der Waals surface area contributed by atoms with Gasteiger partial charge in [0.25, 0.3) is 0 Å². The molecule has 1 atom stereocenters. The van der Waals surface area contributed by atoms with Crippen molar-refractivity contribution in [3.63, 3.8) is 0 Å². The van der Waals surface area contributed by atoms with E-state index in [0.29, 0.717) is 38.0 Å². The number of ketones is 2. The van der Waals surface area contributed by atoms with Crippen molar-refractivity contribution in [1.82, 2.24) is 5.32 Å². The molecule has 4 nitrogen and oxygen atoms in total. The fourth-order valence-corrected chi connectivity index (χ4v) is 4.66. The number of rotatable bonds is 6. The summed E-state index contributed by atoms with van der Waals surface area (Å²) in [6.45, 7) is 3.17. The number of dihydropyridines is 1. The molecule has 1 N–H and O–H groups in total. The Bertz CT molecular complexity index is 1170. The first-order valence-electron chi connectivity index (χ1n) is 9.22. The number of halogens is 3. The molecular formula is C23H17Cl2FN2O2S. The second kappa shape index (κ2) is 9.69. The van der Waals surface area contributed by atoms with E-state index in [1.807, 2.05) is 0 Å². The molecule has 0 unspecified atom stereocenters. The van der Waals surface area contributed by atoms with Gasteiger partial charge in [-0.1, -0.05) is 47.1 Å². The van der Waals surface area contributed by atoms with E-state index in [2.05, 4.69) is 11.4 Å². The van der Waals surface area contributed by atoms with Crippen molar-refractivity contribution in [2.24, 2.45) is 0 Å². The van der Waals surface area contributed by atoms with Crippen LogP contribution in [0.1, 0.15) is 35.7 Å². The van der Waals surface area contributed by atoms with Crippen LogP contribution in [0.25, 0.3) is 0 Å². The van der Waals surface area contributed by atoms with Crippen LogP contribution in [0.4, 0.5) is 4.39 Å². The maximum atomic E-state index is 13.4. The lowest BCUT2D eigenvalue weighted by Crippen LogP contribution is -2.27. The zero-order valence-corrected chi connectivity index (χ0v) is 19.0. The van der Waals surface area contributed by atoms with Gasteiger partial charge in [-0.3, -0.25) is 9.59 Å². The summed E-state index contributed by atoms with van der Waals surface area (Å²) in [4.78, 5) is 25.0. The predicted octanol–water partition coefficient (Wildman–Crippen LogP) is 6.03. The van der Waals surface area contributed by atoms with Crippen molar-refractivity contribution in [2.45, 2.75) is 19.8 Å². The maximum Gasteiger partial charge on any atom is 0.173 e. The number of hydrogen-bond acceptors (Lipinski definition) is 5. The van der Waals surface area contributed by atoms with Crippen LogP contribution in [-0.4, -0.2) is 17.3 Å². The summed E-state index contributed by atoms with van der Waals surface area (Å²) in [5.41, 5.74) is 2.35. The lowest BCUT2D eigenvalue weighted by atomic mass is 9.81. The summed E-state index contributed by atoms with van der Waals surface area (Å²) < 4.78 is 13.4. The molecule has 1 heterocycles. The molecule has 2 aromatic carbocycles. The predicted molar refractivity (Wildman–Crippen MR) is 122 cm³/mol. The topological polar surface area (TPSA) is 70.0 Å². The second-order valence-electron chi connectivity index (χ2n) is 6.90. The van der Waals surface area contributed by atoms with Gasteiger partial charge in [0, 0.05) is 16.8 Å². The third-order valence-electron chi connectivity index (χ3n) is 4.82. The Morgan fingerprint density at radius 2 is 1.84 bits per heavy atom. The van der Waals surface area contributed by atoms with Crippen LogP contribution in [-0.2, 0) is 4.79 Å². The molecule has 2 aromatic rings. The molecule has 0 fully saturated rings. The highest BCUT2D eigenvalue weighted by atomic mass is 35.5. The fourth-order valence-electron chi connectivity index (χ4n) is 3.37. The third kappa shape index (κ3) is 5.01. The van der Waals surface area contributed by atoms with Crippen LogP contribution in [0.3, 0.4) is 0 Å². The standard InChI is InChI=1S/C23H17Cl2FN2O2S/c1-12-21(13(2)29)22(14-3-6-16(26)7-4-14)17(10-27)23(28-12)31-11-20(30)15-5-8-18(24)19(25)9-15/h3-9,22,28H,11H2,1-2H3/t22-/m1/s1. The Labute approximate surface area is 193 Å². The van der Waals surface area contributed by atoms with Gasteiger partial charge in [0.15, 0.2) is 11.6 Å². The van der Waals surface area contributed by atoms with E-state index in [1.165, 1.54) is 25.1 Å². The summed E-state index contributed by atoms with van der Waals surface area (Å²) in [6, 6.07) is 12.5. The average molecular weight is 475 g/mol. The molecule has 3 rings (SSSR count). The molecule has 0 amide bonds. The largest absolute Gasteiger partial charge is 0.353 e. The highest BCUT2D eigenvalue weighted by Gasteiger charge is 2.33. The molecule has 1 aliphatic heterocycles. The molecule has 0 bridgehead atoms. The molecule has 0 aromatic heterocycles. The van der Waals surface area contributed by atoms with Gasteiger partial charge >= 0.3 is 0 Å². The first-order chi connectivity index (χ1) is 14.7. The highest BCUT2D eigenvalue weighted by Crippen LogP contribution is 2.41. The summed E-state index contributed by atoms with van der Waals surface area (Å²) in [5.74, 6) is -1.39. The Morgan fingerprint density at radius 3 is 2.42 bits per heavy atom. The maximum absolute atomic E-state index is 13.4. The van der Waals surface area contributed by atoms with Crippen LogP contribution < -0.4 is 5.32 Å². The Balaban J connectivity index is 1.94. The summed E-state index contributed by atoms with van der Waals surface area (Å²) in [5, 5.41) is 14.1. The lowest BCUT2D eigenvalue weighted by molar-refractivity contribution is -0.113. The quantitative estimate of drug-likeness (QED) is 0.517. The number of hydrogen-bond donors (Lipinski definition) is 1. The van der Waals surface area contributed by atoms with Crippen molar-refractivity contribution in [2.75, 3.05) is 5.75 Å². The molecular weight excluding hydrogens is 458 g/mol. The number of nitrogens with one attached hydrogen (secondary N) is 1. The Hall–Kier alpha value is -2.59. The molecule has 0 saturated carbocycles. The average Bonchev–Trinajstić information content (AvgIpc) is 2.73. The zero-order valence-electron chi connectivity index (χ0n) is 16.6. The molecule has 31 heavy (non-hydrogen) atoms. The van der Waals surface area contributed by atoms with Gasteiger partial charge in [-0.25, -0.2) is 4.39 Å². The van der Waals surface area contributed by atoms with Crippen LogP contribution in [0.5, 0.6) is 0 Å². The van der Waals surface area contributed by atoms with Crippen molar-refractivity contribution >= 4 is 46.5 Å². The number of benzene rings is 2. The normalized spacial score (nSPS) is 16.1. The van der Waals surface area contributed by atoms with E-state index in [1.54, 1.807) is 31.2 Å². The highest BCUT2D eigenvalue weighted by molar-refractivity contribution is 8.03. The SMILES string of the molecule is CC(=O)C1=C(C)NC(SCC(=O)c2ccc(Cl)c(Cl)c2)=C(C#N)[C@H]1c1ccc(F)cc1. The van der Waals surface area contributed by atoms with Crippen LogP contribution in [0, 0.1) is 17.1 Å². The first-order valence-corrected chi connectivity index (χ1v) is 11.0. The van der Waals surface area contributed by atoms with Gasteiger partial charge < -0.3 is 5.32 Å². The minimum Gasteiger partial charge on any atom is -0.353 e. The number of Topliss-reactive ketones (excluding diaryl/α,β-unsaturated/α-hetero) is 2. The van der Waals surface area contributed by atoms with Crippen LogP contribution in [0.2, 0.25) is 10.0 Å².